The lowest BCUT2D eigenvalue weighted by molar-refractivity contribution is 0.0527. The van der Waals surface area contributed by atoms with Crippen LogP contribution in [-0.4, -0.2) is 23.5 Å². The van der Waals surface area contributed by atoms with Gasteiger partial charge in [0.15, 0.2) is 0 Å². The summed E-state index contributed by atoms with van der Waals surface area (Å²) in [5.41, 5.74) is 11.1. The smallest absolute Gasteiger partial charge is 0.341 e. The molecule has 0 aromatic carbocycles. The van der Waals surface area contributed by atoms with Crippen molar-refractivity contribution in [3.05, 3.63) is 38.2 Å². The number of hydrogen-bond donors (Lipinski definition) is 2. The number of ether oxygens (including phenoxy) is 1. The summed E-state index contributed by atoms with van der Waals surface area (Å²) < 4.78 is 5.29. The molecule has 0 saturated heterocycles. The highest BCUT2D eigenvalue weighted by Crippen LogP contribution is 2.42. The standard InChI is InChI=1S/C26H31N3O3S2/c1-5-32-25(31)19-15-7-6-8-18(15)33-24(19)29-22(30)21-20(27)16-12-13-11-14(26(2,3)4)9-10-17(13)28-23(16)34-21/h12,14H,5-11,27H2,1-4H3,(H,29,30). The highest BCUT2D eigenvalue weighted by atomic mass is 32.1. The van der Waals surface area contributed by atoms with E-state index in [2.05, 4.69) is 32.2 Å². The largest absolute Gasteiger partial charge is 0.462 e. The fourth-order valence-electron chi connectivity index (χ4n) is 5.17. The maximum absolute atomic E-state index is 13.3. The number of nitrogens with one attached hydrogen (secondary N) is 1. The molecule has 0 spiro atoms. The molecule has 0 radical (unpaired) electrons. The number of carbonyl (C=O) groups excluding carboxylic acids is 2. The van der Waals surface area contributed by atoms with Gasteiger partial charge in [0.1, 0.15) is 14.7 Å². The lowest BCUT2D eigenvalue weighted by Gasteiger charge is -2.34. The first-order valence-corrected chi connectivity index (χ1v) is 13.6. The minimum absolute atomic E-state index is 0.246. The molecule has 8 heteroatoms. The number of aromatic nitrogens is 1. The normalized spacial score (nSPS) is 17.5. The van der Waals surface area contributed by atoms with Crippen molar-refractivity contribution >= 4 is 55.5 Å². The van der Waals surface area contributed by atoms with Gasteiger partial charge in [-0.15, -0.1) is 22.7 Å². The van der Waals surface area contributed by atoms with Gasteiger partial charge < -0.3 is 15.8 Å². The highest BCUT2D eigenvalue weighted by Gasteiger charge is 2.32. The number of rotatable bonds is 4. The lowest BCUT2D eigenvalue weighted by atomic mass is 9.71. The Hall–Kier alpha value is -2.45. The second-order valence-electron chi connectivity index (χ2n) is 10.3. The van der Waals surface area contributed by atoms with E-state index in [4.69, 9.17) is 15.5 Å². The Balaban J connectivity index is 1.46. The Morgan fingerprint density at radius 3 is 2.76 bits per heavy atom. The molecule has 1 unspecified atom stereocenters. The molecule has 3 aromatic rings. The third-order valence-corrected chi connectivity index (χ3v) is 9.47. The van der Waals surface area contributed by atoms with Crippen molar-refractivity contribution in [2.75, 3.05) is 17.7 Å². The van der Waals surface area contributed by atoms with E-state index in [-0.39, 0.29) is 17.3 Å². The average Bonchev–Trinajstić information content (AvgIpc) is 3.44. The molecule has 3 N–H and O–H groups in total. The Morgan fingerprint density at radius 2 is 2.03 bits per heavy atom. The second-order valence-corrected chi connectivity index (χ2v) is 12.4. The number of esters is 1. The molecule has 0 fully saturated rings. The average molecular weight is 498 g/mol. The molecule has 1 amide bonds. The molecule has 3 heterocycles. The Labute approximate surface area is 207 Å². The van der Waals surface area contributed by atoms with E-state index in [0.29, 0.717) is 33.7 Å². The maximum Gasteiger partial charge on any atom is 0.341 e. The second kappa shape index (κ2) is 8.64. The van der Waals surface area contributed by atoms with Gasteiger partial charge in [0.05, 0.1) is 17.9 Å². The van der Waals surface area contributed by atoms with Crippen LogP contribution < -0.4 is 11.1 Å². The maximum atomic E-state index is 13.3. The predicted octanol–water partition coefficient (Wildman–Crippen LogP) is 6.01. The van der Waals surface area contributed by atoms with Crippen LogP contribution in [0.2, 0.25) is 0 Å². The summed E-state index contributed by atoms with van der Waals surface area (Å²) in [6.45, 7) is 8.96. The third kappa shape index (κ3) is 4.01. The number of anilines is 2. The number of nitrogens with two attached hydrogens (primary N) is 1. The van der Waals surface area contributed by atoms with Crippen LogP contribution in [0.1, 0.15) is 82.3 Å². The number of nitrogens with zero attached hydrogens (tertiary/aromatic N) is 1. The highest BCUT2D eigenvalue weighted by molar-refractivity contribution is 7.21. The fraction of sp³-hybridized carbons (Fsp3) is 0.500. The fourth-order valence-corrected chi connectivity index (χ4v) is 7.43. The molecular formula is C26H31N3O3S2. The summed E-state index contributed by atoms with van der Waals surface area (Å²) in [5, 5.41) is 4.39. The summed E-state index contributed by atoms with van der Waals surface area (Å²) in [6.07, 6.45) is 5.86. The zero-order valence-electron chi connectivity index (χ0n) is 20.2. The van der Waals surface area contributed by atoms with Crippen LogP contribution >= 0.6 is 22.7 Å². The number of amides is 1. The van der Waals surface area contributed by atoms with Gasteiger partial charge in [0, 0.05) is 16.0 Å². The number of pyridine rings is 1. The zero-order chi connectivity index (χ0) is 24.2. The number of hydrogen-bond acceptors (Lipinski definition) is 7. The molecule has 0 aliphatic heterocycles. The Kier molecular flexibility index (Phi) is 5.92. The van der Waals surface area contributed by atoms with Gasteiger partial charge in [-0.2, -0.15) is 0 Å². The first-order chi connectivity index (χ1) is 16.2. The minimum Gasteiger partial charge on any atom is -0.462 e. The lowest BCUT2D eigenvalue weighted by Crippen LogP contribution is -2.27. The molecule has 34 heavy (non-hydrogen) atoms. The van der Waals surface area contributed by atoms with Crippen LogP contribution in [0.4, 0.5) is 10.7 Å². The van der Waals surface area contributed by atoms with E-state index in [9.17, 15) is 9.59 Å². The van der Waals surface area contributed by atoms with Crippen molar-refractivity contribution < 1.29 is 14.3 Å². The predicted molar refractivity (Wildman–Crippen MR) is 139 cm³/mol. The molecule has 6 nitrogen and oxygen atoms in total. The van der Waals surface area contributed by atoms with Gasteiger partial charge >= 0.3 is 5.97 Å². The van der Waals surface area contributed by atoms with Crippen LogP contribution in [0, 0.1) is 11.3 Å². The van der Waals surface area contributed by atoms with Crippen molar-refractivity contribution in [2.24, 2.45) is 11.3 Å². The van der Waals surface area contributed by atoms with Crippen molar-refractivity contribution in [2.45, 2.75) is 66.2 Å². The molecule has 1 atom stereocenters. The van der Waals surface area contributed by atoms with Crippen molar-refractivity contribution in [3.8, 4) is 0 Å². The first-order valence-electron chi connectivity index (χ1n) is 12.0. The number of fused-ring (bicyclic) bond motifs is 3. The van der Waals surface area contributed by atoms with Gasteiger partial charge in [-0.1, -0.05) is 20.8 Å². The molecule has 2 aliphatic carbocycles. The molecule has 0 bridgehead atoms. The van der Waals surface area contributed by atoms with Gasteiger partial charge in [-0.25, -0.2) is 9.78 Å². The topological polar surface area (TPSA) is 94.3 Å². The summed E-state index contributed by atoms with van der Waals surface area (Å²) >= 11 is 2.80. The van der Waals surface area contributed by atoms with E-state index in [1.807, 2.05) is 0 Å². The van der Waals surface area contributed by atoms with Crippen molar-refractivity contribution in [1.82, 2.24) is 4.98 Å². The Morgan fingerprint density at radius 1 is 1.24 bits per heavy atom. The van der Waals surface area contributed by atoms with Gasteiger partial charge in [0.2, 0.25) is 0 Å². The van der Waals surface area contributed by atoms with Crippen molar-refractivity contribution in [1.29, 1.82) is 0 Å². The molecule has 0 saturated carbocycles. The number of nitrogen functional groups attached to an aromatic ring is 1. The van der Waals surface area contributed by atoms with Gasteiger partial charge in [-0.05, 0) is 74.0 Å². The number of carbonyl (C=O) groups is 2. The van der Waals surface area contributed by atoms with Crippen LogP contribution in [-0.2, 0) is 30.4 Å². The quantitative estimate of drug-likeness (QED) is 0.431. The van der Waals surface area contributed by atoms with E-state index >= 15 is 0 Å². The van der Waals surface area contributed by atoms with Gasteiger partial charge in [0.25, 0.3) is 5.91 Å². The van der Waals surface area contributed by atoms with E-state index in [1.54, 1.807) is 6.92 Å². The van der Waals surface area contributed by atoms with Crippen LogP contribution in [0.15, 0.2) is 6.07 Å². The first kappa shape index (κ1) is 23.3. The molecule has 180 valence electrons. The summed E-state index contributed by atoms with van der Waals surface area (Å²) in [5.74, 6) is -0.0651. The third-order valence-electron chi connectivity index (χ3n) is 7.14. The number of thiophene rings is 2. The zero-order valence-corrected chi connectivity index (χ0v) is 21.8. The summed E-state index contributed by atoms with van der Waals surface area (Å²) in [7, 11) is 0. The van der Waals surface area contributed by atoms with E-state index in [0.717, 1.165) is 64.9 Å². The number of aryl methyl sites for hydroxylation is 2. The minimum atomic E-state index is -0.371. The van der Waals surface area contributed by atoms with Crippen LogP contribution in [0.5, 0.6) is 0 Å². The molecule has 3 aromatic heterocycles. The monoisotopic (exact) mass is 497 g/mol. The molecule has 2 aliphatic rings. The molecule has 5 rings (SSSR count). The SMILES string of the molecule is CCOC(=O)c1c(NC(=O)c2sc3nc4c(cc3c2N)CC(C(C)(C)C)CC4)sc2c1CCC2. The Bertz CT molecular complexity index is 1300. The van der Waals surface area contributed by atoms with Crippen molar-refractivity contribution in [3.63, 3.8) is 0 Å². The van der Waals surface area contributed by atoms with Crippen LogP contribution in [0.25, 0.3) is 10.2 Å². The van der Waals surface area contributed by atoms with Crippen LogP contribution in [0.3, 0.4) is 0 Å². The van der Waals surface area contributed by atoms with Gasteiger partial charge in [-0.3, -0.25) is 4.79 Å². The van der Waals surface area contributed by atoms with E-state index < -0.39 is 0 Å². The summed E-state index contributed by atoms with van der Waals surface area (Å²) in [4.78, 5) is 33.3. The summed E-state index contributed by atoms with van der Waals surface area (Å²) in [6, 6.07) is 2.14. The van der Waals surface area contributed by atoms with E-state index in [1.165, 1.54) is 28.2 Å². The molecular weight excluding hydrogens is 466 g/mol.